The van der Waals surface area contributed by atoms with Crippen LogP contribution in [0.25, 0.3) is 0 Å². The Bertz CT molecular complexity index is 1170. The molecule has 0 saturated carbocycles. The number of fused-ring (bicyclic) bond motifs is 4. The van der Waals surface area contributed by atoms with Gasteiger partial charge in [-0.3, -0.25) is 10.1 Å². The highest BCUT2D eigenvalue weighted by atomic mass is 16.6. The molecular formula is C25H22N2O4. The second kappa shape index (κ2) is 6.54. The molecule has 0 spiro atoms. The molecule has 2 aromatic rings. The van der Waals surface area contributed by atoms with Gasteiger partial charge in [-0.25, -0.2) is 4.79 Å². The van der Waals surface area contributed by atoms with Crippen molar-refractivity contribution in [3.05, 3.63) is 93.1 Å². The average Bonchev–Trinajstić information content (AvgIpc) is 3.43. The molecule has 6 heteroatoms. The third kappa shape index (κ3) is 2.60. The highest BCUT2D eigenvalue weighted by Crippen LogP contribution is 2.59. The average molecular weight is 414 g/mol. The maximum absolute atomic E-state index is 11.9. The number of non-ortho nitro benzene ring substituents is 1. The monoisotopic (exact) mass is 414 g/mol. The van der Waals surface area contributed by atoms with E-state index in [1.807, 2.05) is 18.2 Å². The minimum Gasteiger partial charge on any atom is -0.478 e. The second-order valence-electron chi connectivity index (χ2n) is 9.06. The lowest BCUT2D eigenvalue weighted by molar-refractivity contribution is -0.384. The number of carboxylic acids is 1. The van der Waals surface area contributed by atoms with Crippen molar-refractivity contribution < 1.29 is 14.8 Å². The Labute approximate surface area is 179 Å². The molecule has 0 aromatic heterocycles. The van der Waals surface area contributed by atoms with Crippen molar-refractivity contribution in [1.29, 1.82) is 0 Å². The molecule has 1 N–H and O–H groups in total. The highest BCUT2D eigenvalue weighted by Gasteiger charge is 2.48. The summed E-state index contributed by atoms with van der Waals surface area (Å²) in [6, 6.07) is 10.8. The van der Waals surface area contributed by atoms with Gasteiger partial charge in [-0.05, 0) is 53.5 Å². The molecule has 0 amide bonds. The van der Waals surface area contributed by atoms with E-state index < -0.39 is 5.97 Å². The van der Waals surface area contributed by atoms with Gasteiger partial charge in [0.05, 0.1) is 16.5 Å². The number of nitro groups is 1. The van der Waals surface area contributed by atoms with Gasteiger partial charge in [-0.15, -0.1) is 0 Å². The number of carboxylic acid groups (broad SMARTS) is 1. The Morgan fingerprint density at radius 2 is 1.81 bits per heavy atom. The van der Waals surface area contributed by atoms with Crippen molar-refractivity contribution in [3.63, 3.8) is 0 Å². The van der Waals surface area contributed by atoms with Crippen molar-refractivity contribution >= 4 is 17.3 Å². The highest BCUT2D eigenvalue weighted by molar-refractivity contribution is 5.90. The number of nitro benzene ring substituents is 1. The molecule has 6 rings (SSSR count). The molecule has 0 bridgehead atoms. The van der Waals surface area contributed by atoms with Gasteiger partial charge in [-0.2, -0.15) is 0 Å². The summed E-state index contributed by atoms with van der Waals surface area (Å²) in [6.07, 6.45) is 10.7. The van der Waals surface area contributed by atoms with Crippen LogP contribution in [-0.2, 0) is 0 Å². The first-order valence-electron chi connectivity index (χ1n) is 10.8. The molecule has 2 aliphatic carbocycles. The van der Waals surface area contributed by atoms with Gasteiger partial charge in [0.15, 0.2) is 0 Å². The zero-order chi connectivity index (χ0) is 21.3. The van der Waals surface area contributed by atoms with E-state index in [0.717, 1.165) is 41.8 Å². The third-order valence-electron chi connectivity index (χ3n) is 7.52. The smallest absolute Gasteiger partial charge is 0.335 e. The van der Waals surface area contributed by atoms with Crippen LogP contribution >= 0.6 is 0 Å². The van der Waals surface area contributed by atoms with Crippen molar-refractivity contribution in [3.8, 4) is 0 Å². The molecule has 4 aliphatic rings. The van der Waals surface area contributed by atoms with Crippen molar-refractivity contribution in [1.82, 2.24) is 0 Å². The zero-order valence-electron chi connectivity index (χ0n) is 16.8. The van der Waals surface area contributed by atoms with E-state index in [9.17, 15) is 20.0 Å². The molecule has 2 aliphatic heterocycles. The molecule has 156 valence electrons. The Balaban J connectivity index is 1.58. The van der Waals surface area contributed by atoms with Crippen LogP contribution in [0.1, 0.15) is 57.8 Å². The summed E-state index contributed by atoms with van der Waals surface area (Å²) in [5.74, 6) is 0.0929. The van der Waals surface area contributed by atoms with E-state index in [-0.39, 0.29) is 34.4 Å². The largest absolute Gasteiger partial charge is 0.478 e. The lowest BCUT2D eigenvalue weighted by Gasteiger charge is -2.51. The maximum atomic E-state index is 11.9. The first-order valence-corrected chi connectivity index (χ1v) is 10.8. The van der Waals surface area contributed by atoms with E-state index in [0.29, 0.717) is 11.5 Å². The van der Waals surface area contributed by atoms with Gasteiger partial charge in [0.2, 0.25) is 0 Å². The molecule has 0 fully saturated rings. The van der Waals surface area contributed by atoms with E-state index in [1.165, 1.54) is 0 Å². The molecule has 2 aromatic carbocycles. The first kappa shape index (κ1) is 18.4. The van der Waals surface area contributed by atoms with Crippen LogP contribution in [0.3, 0.4) is 0 Å². The molecule has 31 heavy (non-hydrogen) atoms. The summed E-state index contributed by atoms with van der Waals surface area (Å²) < 4.78 is 0. The van der Waals surface area contributed by atoms with Crippen molar-refractivity contribution in [2.45, 2.75) is 30.7 Å². The van der Waals surface area contributed by atoms with Gasteiger partial charge in [0.25, 0.3) is 5.69 Å². The fourth-order valence-corrected chi connectivity index (χ4v) is 6.30. The van der Waals surface area contributed by atoms with Gasteiger partial charge < -0.3 is 10.0 Å². The van der Waals surface area contributed by atoms with Crippen LogP contribution < -0.4 is 4.90 Å². The van der Waals surface area contributed by atoms with Gasteiger partial charge in [0.1, 0.15) is 0 Å². The minimum absolute atomic E-state index is 0.0309. The van der Waals surface area contributed by atoms with Crippen LogP contribution in [0.5, 0.6) is 0 Å². The first-order chi connectivity index (χ1) is 15.0. The Morgan fingerprint density at radius 1 is 1.06 bits per heavy atom. The van der Waals surface area contributed by atoms with E-state index >= 15 is 0 Å². The fraction of sp³-hybridized carbons (Fsp3) is 0.320. The standard InChI is InChI=1S/C25H22N2O4/c28-25(29)16-11-21-18-7-2-5-15(18)13-26-23(14-4-1-6-17(10-14)27(30)31)20-9-3-8-19(20)22(12-16)24(21)26/h1-4,6-8,10-12,15,18-20,23H,5,9,13H2,(H,28,29)/t15-,18+,19+,20+,23+/m1/s1. The summed E-state index contributed by atoms with van der Waals surface area (Å²) in [5, 5.41) is 21.2. The Kier molecular flexibility index (Phi) is 3.88. The number of benzene rings is 2. The number of rotatable bonds is 3. The van der Waals surface area contributed by atoms with Crippen molar-refractivity contribution in [2.24, 2.45) is 11.8 Å². The summed E-state index contributed by atoms with van der Waals surface area (Å²) in [4.78, 5) is 25.5. The summed E-state index contributed by atoms with van der Waals surface area (Å²) in [5.41, 5.74) is 4.76. The van der Waals surface area contributed by atoms with Gasteiger partial charge in [0, 0.05) is 36.2 Å². The summed E-state index contributed by atoms with van der Waals surface area (Å²) in [6.45, 7) is 0.876. The summed E-state index contributed by atoms with van der Waals surface area (Å²) in [7, 11) is 0. The number of allylic oxidation sites excluding steroid dienone is 4. The van der Waals surface area contributed by atoms with Crippen LogP contribution in [0.15, 0.2) is 60.7 Å². The number of hydrogen-bond acceptors (Lipinski definition) is 4. The Hall–Kier alpha value is -3.41. The van der Waals surface area contributed by atoms with Crippen LogP contribution in [-0.4, -0.2) is 22.5 Å². The lowest BCUT2D eigenvalue weighted by Crippen LogP contribution is -2.46. The van der Waals surface area contributed by atoms with E-state index in [1.54, 1.807) is 18.2 Å². The molecule has 0 radical (unpaired) electrons. The predicted octanol–water partition coefficient (Wildman–Crippen LogP) is 5.19. The number of anilines is 1. The van der Waals surface area contributed by atoms with E-state index in [4.69, 9.17) is 0 Å². The molecule has 0 saturated heterocycles. The topological polar surface area (TPSA) is 83.7 Å². The van der Waals surface area contributed by atoms with E-state index in [2.05, 4.69) is 29.2 Å². The number of hydrogen-bond donors (Lipinski definition) is 1. The number of nitrogens with zero attached hydrogens (tertiary/aromatic N) is 2. The minimum atomic E-state index is -0.894. The summed E-state index contributed by atoms with van der Waals surface area (Å²) >= 11 is 0. The zero-order valence-corrected chi connectivity index (χ0v) is 16.8. The maximum Gasteiger partial charge on any atom is 0.335 e. The molecule has 6 nitrogen and oxygen atoms in total. The molecular weight excluding hydrogens is 392 g/mol. The Morgan fingerprint density at radius 3 is 2.58 bits per heavy atom. The normalized spacial score (nSPS) is 29.4. The van der Waals surface area contributed by atoms with Gasteiger partial charge in [-0.1, -0.05) is 36.4 Å². The molecule has 0 unspecified atom stereocenters. The SMILES string of the molecule is O=C(O)c1cc2c3c(c1)[C@H]1C=CC[C@@H]1[C@H](c1cccc([N+](=O)[O-])c1)N3C[C@H]1CC=C[C@H]21. The van der Waals surface area contributed by atoms with Gasteiger partial charge >= 0.3 is 5.97 Å². The van der Waals surface area contributed by atoms with Crippen LogP contribution in [0.4, 0.5) is 11.4 Å². The molecule has 5 atom stereocenters. The molecule has 2 heterocycles. The third-order valence-corrected chi connectivity index (χ3v) is 7.52. The number of aromatic carboxylic acids is 1. The second-order valence-corrected chi connectivity index (χ2v) is 9.06. The number of carbonyl (C=O) groups is 1. The van der Waals surface area contributed by atoms with Crippen molar-refractivity contribution in [2.75, 3.05) is 11.4 Å². The quantitative estimate of drug-likeness (QED) is 0.425. The van der Waals surface area contributed by atoms with Crippen LogP contribution in [0, 0.1) is 22.0 Å². The fourth-order valence-electron chi connectivity index (χ4n) is 6.30. The van der Waals surface area contributed by atoms with Crippen LogP contribution in [0.2, 0.25) is 0 Å². The predicted molar refractivity (Wildman–Crippen MR) is 117 cm³/mol. The lowest BCUT2D eigenvalue weighted by atomic mass is 9.70.